The summed E-state index contributed by atoms with van der Waals surface area (Å²) in [5.41, 5.74) is 1.19. The largest absolute Gasteiger partial charge is 0.0651 e. The van der Waals surface area contributed by atoms with Gasteiger partial charge in [-0.2, -0.15) is 0 Å². The molecule has 0 aromatic rings. The van der Waals surface area contributed by atoms with E-state index >= 15 is 0 Å². The second kappa shape index (κ2) is 5.41. The van der Waals surface area contributed by atoms with E-state index in [1.807, 2.05) is 0 Å². The molecule has 116 valence electrons. The van der Waals surface area contributed by atoms with E-state index in [1.54, 1.807) is 0 Å². The number of hydrogen-bond acceptors (Lipinski definition) is 0. The lowest BCUT2D eigenvalue weighted by Crippen LogP contribution is -2.56. The Morgan fingerprint density at radius 2 is 1.05 bits per heavy atom. The van der Waals surface area contributed by atoms with E-state index in [2.05, 4.69) is 83.1 Å². The average Bonchev–Trinajstić information content (AvgIpc) is 2.13. The Balaban J connectivity index is 6.10. The van der Waals surface area contributed by atoms with Gasteiger partial charge in [0.15, 0.2) is 0 Å². The van der Waals surface area contributed by atoms with Gasteiger partial charge in [0.05, 0.1) is 0 Å². The van der Waals surface area contributed by atoms with Gasteiger partial charge >= 0.3 is 0 Å². The molecule has 0 amide bonds. The molecule has 0 heteroatoms. The molecule has 0 aliphatic rings. The molecule has 0 aromatic carbocycles. The Hall–Kier alpha value is 0. The molecular weight excluding hydrogens is 228 g/mol. The smallest absolute Gasteiger partial charge is 0.0190 e. The minimum atomic E-state index is 0.281. The van der Waals surface area contributed by atoms with Gasteiger partial charge in [-0.3, -0.25) is 0 Å². The summed E-state index contributed by atoms with van der Waals surface area (Å²) in [6.45, 7) is 29.2. The van der Waals surface area contributed by atoms with Crippen molar-refractivity contribution in [3.63, 3.8) is 0 Å². The highest BCUT2D eigenvalue weighted by Crippen LogP contribution is 2.64. The van der Waals surface area contributed by atoms with Gasteiger partial charge in [-0.1, -0.05) is 89.5 Å². The van der Waals surface area contributed by atoms with Crippen molar-refractivity contribution in [3.05, 3.63) is 0 Å². The van der Waals surface area contributed by atoms with Gasteiger partial charge in [0, 0.05) is 0 Å². The zero-order chi connectivity index (χ0) is 15.9. The predicted octanol–water partition coefficient (Wildman–Crippen LogP) is 6.79. The van der Waals surface area contributed by atoms with Crippen molar-refractivity contribution in [2.45, 2.75) is 89.5 Å². The Labute approximate surface area is 123 Å². The molecule has 0 fully saturated rings. The van der Waals surface area contributed by atoms with Crippen molar-refractivity contribution >= 4 is 0 Å². The van der Waals surface area contributed by atoms with Crippen LogP contribution in [-0.4, -0.2) is 0 Å². The molecule has 2 unspecified atom stereocenters. The van der Waals surface area contributed by atoms with Crippen LogP contribution in [0.4, 0.5) is 0 Å². The zero-order valence-corrected chi connectivity index (χ0v) is 15.9. The lowest BCUT2D eigenvalue weighted by atomic mass is 9.42. The van der Waals surface area contributed by atoms with Gasteiger partial charge in [0.25, 0.3) is 0 Å². The van der Waals surface area contributed by atoms with Crippen molar-refractivity contribution in [1.82, 2.24) is 0 Å². The molecule has 2 atom stereocenters. The lowest BCUT2D eigenvalue weighted by Gasteiger charge is -2.63. The van der Waals surface area contributed by atoms with Gasteiger partial charge in [-0.15, -0.1) is 0 Å². The third-order valence-corrected chi connectivity index (χ3v) is 6.72. The summed E-state index contributed by atoms with van der Waals surface area (Å²) in [5, 5.41) is 0. The molecule has 0 bridgehead atoms. The second-order valence-corrected chi connectivity index (χ2v) is 9.59. The van der Waals surface area contributed by atoms with E-state index in [-0.39, 0.29) is 5.41 Å². The molecule has 0 saturated carbocycles. The minimum absolute atomic E-state index is 0.281. The van der Waals surface area contributed by atoms with Gasteiger partial charge in [-0.25, -0.2) is 0 Å². The monoisotopic (exact) mass is 268 g/mol. The maximum atomic E-state index is 2.55. The van der Waals surface area contributed by atoms with E-state index in [4.69, 9.17) is 0 Å². The summed E-state index contributed by atoms with van der Waals surface area (Å²) in [6, 6.07) is 0. The van der Waals surface area contributed by atoms with E-state index in [0.717, 1.165) is 11.8 Å². The highest BCUT2D eigenvalue weighted by atomic mass is 14.6. The van der Waals surface area contributed by atoms with Crippen molar-refractivity contribution in [2.75, 3.05) is 0 Å². The van der Waals surface area contributed by atoms with Crippen LogP contribution in [0.15, 0.2) is 0 Å². The maximum Gasteiger partial charge on any atom is -0.0190 e. The second-order valence-electron chi connectivity index (χ2n) is 9.59. The van der Waals surface area contributed by atoms with Gasteiger partial charge in [-0.05, 0) is 33.5 Å². The molecule has 0 radical (unpaired) electrons. The molecule has 0 N–H and O–H groups in total. The fourth-order valence-electron chi connectivity index (χ4n) is 4.28. The van der Waals surface area contributed by atoms with Crippen molar-refractivity contribution in [3.8, 4) is 0 Å². The molecule has 0 saturated heterocycles. The highest BCUT2D eigenvalue weighted by molar-refractivity contribution is 5.05. The van der Waals surface area contributed by atoms with Crippen molar-refractivity contribution < 1.29 is 0 Å². The van der Waals surface area contributed by atoms with Gasteiger partial charge in [0.2, 0.25) is 0 Å². The molecule has 0 heterocycles. The molecule has 0 aliphatic carbocycles. The first-order valence-electron chi connectivity index (χ1n) is 8.14. The summed E-state index contributed by atoms with van der Waals surface area (Å²) in [5.74, 6) is 1.48. The quantitative estimate of drug-likeness (QED) is 0.526. The van der Waals surface area contributed by atoms with Crippen LogP contribution in [0, 0.1) is 33.5 Å². The minimum Gasteiger partial charge on any atom is -0.0651 e. The summed E-state index contributed by atoms with van der Waals surface area (Å²) < 4.78 is 0. The standard InChI is InChI=1S/C19H40/c1-13-15(14(2)3)19(12,17(7,8)9)18(10,11)16(4,5)6/h14-15H,13H2,1-12H3. The summed E-state index contributed by atoms with van der Waals surface area (Å²) in [7, 11) is 0. The summed E-state index contributed by atoms with van der Waals surface area (Å²) in [4.78, 5) is 0. The topological polar surface area (TPSA) is 0 Å². The average molecular weight is 269 g/mol. The maximum absolute atomic E-state index is 2.55. The molecule has 0 nitrogen and oxygen atoms in total. The Morgan fingerprint density at radius 1 is 0.684 bits per heavy atom. The predicted molar refractivity (Wildman–Crippen MR) is 89.4 cm³/mol. The van der Waals surface area contributed by atoms with Crippen LogP contribution in [-0.2, 0) is 0 Å². The molecule has 0 rings (SSSR count). The van der Waals surface area contributed by atoms with Crippen LogP contribution < -0.4 is 0 Å². The highest BCUT2D eigenvalue weighted by Gasteiger charge is 2.57. The fourth-order valence-corrected chi connectivity index (χ4v) is 4.28. The first-order chi connectivity index (χ1) is 8.14. The normalized spacial score (nSPS) is 19.4. The number of rotatable bonds is 4. The third kappa shape index (κ3) is 3.03. The van der Waals surface area contributed by atoms with Crippen molar-refractivity contribution in [1.29, 1.82) is 0 Å². The van der Waals surface area contributed by atoms with E-state index < -0.39 is 0 Å². The fraction of sp³-hybridized carbons (Fsp3) is 1.00. The van der Waals surface area contributed by atoms with Crippen LogP contribution in [0.25, 0.3) is 0 Å². The first-order valence-corrected chi connectivity index (χ1v) is 8.14. The lowest BCUT2D eigenvalue weighted by molar-refractivity contribution is -0.145. The molecular formula is C19H40. The van der Waals surface area contributed by atoms with Crippen LogP contribution in [0.3, 0.4) is 0 Å². The van der Waals surface area contributed by atoms with Gasteiger partial charge < -0.3 is 0 Å². The first kappa shape index (κ1) is 19.0. The summed E-state index contributed by atoms with van der Waals surface area (Å²) >= 11 is 0. The number of hydrogen-bond donors (Lipinski definition) is 0. The molecule has 0 aromatic heterocycles. The van der Waals surface area contributed by atoms with E-state index in [0.29, 0.717) is 16.2 Å². The Morgan fingerprint density at radius 3 is 1.21 bits per heavy atom. The van der Waals surface area contributed by atoms with Crippen LogP contribution in [0.5, 0.6) is 0 Å². The van der Waals surface area contributed by atoms with Crippen molar-refractivity contribution in [2.24, 2.45) is 33.5 Å². The molecule has 19 heavy (non-hydrogen) atoms. The Kier molecular flexibility index (Phi) is 5.41. The summed E-state index contributed by atoms with van der Waals surface area (Å²) in [6.07, 6.45) is 1.27. The SMILES string of the molecule is CCC(C(C)C)C(C)(C(C)(C)C)C(C)(C)C(C)(C)C. The van der Waals surface area contributed by atoms with E-state index in [9.17, 15) is 0 Å². The zero-order valence-electron chi connectivity index (χ0n) is 15.9. The Bertz CT molecular complexity index is 282. The van der Waals surface area contributed by atoms with Gasteiger partial charge in [0.1, 0.15) is 0 Å². The van der Waals surface area contributed by atoms with E-state index in [1.165, 1.54) is 6.42 Å². The molecule has 0 aliphatic heterocycles. The van der Waals surface area contributed by atoms with Crippen LogP contribution in [0.2, 0.25) is 0 Å². The third-order valence-electron chi connectivity index (χ3n) is 6.72. The van der Waals surface area contributed by atoms with Crippen LogP contribution in [0.1, 0.15) is 89.5 Å². The molecule has 0 spiro atoms. The van der Waals surface area contributed by atoms with Crippen LogP contribution >= 0.6 is 0 Å².